The van der Waals surface area contributed by atoms with E-state index in [-0.39, 0.29) is 0 Å². The Morgan fingerprint density at radius 2 is 2.14 bits per heavy atom. The zero-order chi connectivity index (χ0) is 14.7. The fourth-order valence-electron chi connectivity index (χ4n) is 3.25. The van der Waals surface area contributed by atoms with Crippen LogP contribution in [0.4, 0.5) is 5.69 Å². The van der Waals surface area contributed by atoms with Crippen LogP contribution in [-0.4, -0.2) is 30.8 Å². The first kappa shape index (κ1) is 15.1. The van der Waals surface area contributed by atoms with Crippen molar-refractivity contribution >= 4 is 17.3 Å². The van der Waals surface area contributed by atoms with Gasteiger partial charge in [0.2, 0.25) is 0 Å². The first-order chi connectivity index (χ1) is 10.3. The number of aliphatic hydroxyl groups excluding tert-OH is 1. The lowest BCUT2D eigenvalue weighted by Crippen LogP contribution is -2.36. The maximum atomic E-state index is 9.18. The summed E-state index contributed by atoms with van der Waals surface area (Å²) in [6.45, 7) is 3.29. The fourth-order valence-corrected chi connectivity index (χ4v) is 3.49. The van der Waals surface area contributed by atoms with Crippen molar-refractivity contribution in [3.05, 3.63) is 28.8 Å². The summed E-state index contributed by atoms with van der Waals surface area (Å²) in [5.74, 6) is 0.604. The second-order valence-electron chi connectivity index (χ2n) is 6.36. The Morgan fingerprint density at radius 3 is 2.90 bits per heavy atom. The molecule has 1 aromatic carbocycles. The largest absolute Gasteiger partial charge is 0.396 e. The van der Waals surface area contributed by atoms with Crippen molar-refractivity contribution in [2.45, 2.75) is 44.7 Å². The van der Waals surface area contributed by atoms with Gasteiger partial charge in [0, 0.05) is 48.6 Å². The predicted molar refractivity (Wildman–Crippen MR) is 88.0 cm³/mol. The van der Waals surface area contributed by atoms with E-state index < -0.39 is 0 Å². The molecule has 1 saturated heterocycles. The van der Waals surface area contributed by atoms with Gasteiger partial charge in [-0.25, -0.2) is 0 Å². The molecule has 0 aromatic heterocycles. The average Bonchev–Trinajstić information content (AvgIpc) is 3.31. The van der Waals surface area contributed by atoms with Crippen molar-refractivity contribution < 1.29 is 5.11 Å². The fraction of sp³-hybridized carbons (Fsp3) is 0.647. The van der Waals surface area contributed by atoms with Crippen molar-refractivity contribution in [1.82, 2.24) is 5.32 Å². The minimum absolute atomic E-state index is 0.296. The van der Waals surface area contributed by atoms with Gasteiger partial charge >= 0.3 is 0 Å². The molecule has 116 valence electrons. The second kappa shape index (κ2) is 6.99. The molecule has 2 fully saturated rings. The van der Waals surface area contributed by atoms with Gasteiger partial charge in [0.25, 0.3) is 0 Å². The highest BCUT2D eigenvalue weighted by Gasteiger charge is 2.24. The van der Waals surface area contributed by atoms with E-state index in [1.807, 2.05) is 12.1 Å². The van der Waals surface area contributed by atoms with E-state index in [0.717, 1.165) is 31.1 Å². The Morgan fingerprint density at radius 1 is 1.29 bits per heavy atom. The molecule has 0 bridgehead atoms. The van der Waals surface area contributed by atoms with E-state index >= 15 is 0 Å². The molecule has 2 N–H and O–H groups in total. The minimum atomic E-state index is 0.296. The number of anilines is 1. The summed E-state index contributed by atoms with van der Waals surface area (Å²) in [7, 11) is 0. The molecule has 3 rings (SSSR count). The molecular weight excluding hydrogens is 284 g/mol. The summed E-state index contributed by atoms with van der Waals surface area (Å²) in [4.78, 5) is 2.46. The molecule has 1 heterocycles. The first-order valence-corrected chi connectivity index (χ1v) is 8.52. The molecule has 1 aliphatic heterocycles. The summed E-state index contributed by atoms with van der Waals surface area (Å²) in [6.07, 6.45) is 5.93. The Kier molecular flexibility index (Phi) is 5.04. The zero-order valence-corrected chi connectivity index (χ0v) is 13.3. The van der Waals surface area contributed by atoms with E-state index in [4.69, 9.17) is 11.6 Å². The van der Waals surface area contributed by atoms with Gasteiger partial charge in [-0.05, 0) is 50.2 Å². The lowest BCUT2D eigenvalue weighted by molar-refractivity contribution is 0.244. The van der Waals surface area contributed by atoms with Gasteiger partial charge in [0.05, 0.1) is 0 Å². The SMILES string of the molecule is OCCC1CCCN(c2cccc(Cl)c2CNC2CC2)C1. The van der Waals surface area contributed by atoms with Crippen molar-refractivity contribution in [2.75, 3.05) is 24.6 Å². The van der Waals surface area contributed by atoms with Crippen molar-refractivity contribution in [1.29, 1.82) is 0 Å². The normalized spacial score (nSPS) is 22.6. The van der Waals surface area contributed by atoms with Crippen LogP contribution in [0.15, 0.2) is 18.2 Å². The highest BCUT2D eigenvalue weighted by atomic mass is 35.5. The molecule has 1 aromatic rings. The molecule has 0 amide bonds. The Labute approximate surface area is 132 Å². The minimum Gasteiger partial charge on any atom is -0.396 e. The molecule has 1 atom stereocenters. The van der Waals surface area contributed by atoms with Gasteiger partial charge in [-0.15, -0.1) is 0 Å². The number of hydrogen-bond acceptors (Lipinski definition) is 3. The number of aliphatic hydroxyl groups is 1. The predicted octanol–water partition coefficient (Wildman–Crippen LogP) is 3.19. The number of nitrogens with one attached hydrogen (secondary N) is 1. The summed E-state index contributed by atoms with van der Waals surface area (Å²) in [5.41, 5.74) is 2.51. The molecule has 1 aliphatic carbocycles. The topological polar surface area (TPSA) is 35.5 Å². The number of nitrogens with zero attached hydrogens (tertiary/aromatic N) is 1. The maximum absolute atomic E-state index is 9.18. The van der Waals surface area contributed by atoms with Crippen molar-refractivity contribution in [2.24, 2.45) is 5.92 Å². The number of halogens is 1. The molecule has 1 unspecified atom stereocenters. The quantitative estimate of drug-likeness (QED) is 0.847. The van der Waals surface area contributed by atoms with Gasteiger partial charge < -0.3 is 15.3 Å². The summed E-state index contributed by atoms with van der Waals surface area (Å²) in [6, 6.07) is 6.92. The lowest BCUT2D eigenvalue weighted by atomic mass is 9.94. The highest BCUT2D eigenvalue weighted by molar-refractivity contribution is 6.31. The third-order valence-electron chi connectivity index (χ3n) is 4.64. The van der Waals surface area contributed by atoms with Crippen LogP contribution < -0.4 is 10.2 Å². The van der Waals surface area contributed by atoms with Crippen LogP contribution in [-0.2, 0) is 6.54 Å². The molecule has 2 aliphatic rings. The average molecular weight is 309 g/mol. The van der Waals surface area contributed by atoms with Crippen molar-refractivity contribution in [3.63, 3.8) is 0 Å². The third kappa shape index (κ3) is 3.91. The van der Waals surface area contributed by atoms with E-state index in [9.17, 15) is 5.11 Å². The van der Waals surface area contributed by atoms with Crippen LogP contribution in [0.3, 0.4) is 0 Å². The van der Waals surface area contributed by atoms with E-state index in [1.165, 1.54) is 36.9 Å². The van der Waals surface area contributed by atoms with Gasteiger partial charge in [0.1, 0.15) is 0 Å². The molecule has 4 heteroatoms. The van der Waals surface area contributed by atoms with Crippen LogP contribution in [0.2, 0.25) is 5.02 Å². The molecular formula is C17H25ClN2O. The van der Waals surface area contributed by atoms with Gasteiger partial charge in [-0.2, -0.15) is 0 Å². The van der Waals surface area contributed by atoms with Gasteiger partial charge in [-0.3, -0.25) is 0 Å². The van der Waals surface area contributed by atoms with Crippen LogP contribution in [0.1, 0.15) is 37.7 Å². The molecule has 21 heavy (non-hydrogen) atoms. The first-order valence-electron chi connectivity index (χ1n) is 8.14. The number of hydrogen-bond donors (Lipinski definition) is 2. The number of benzene rings is 1. The molecule has 1 saturated carbocycles. The Bertz CT molecular complexity index is 474. The summed E-state index contributed by atoms with van der Waals surface area (Å²) >= 11 is 6.44. The van der Waals surface area contributed by atoms with Crippen LogP contribution >= 0.6 is 11.6 Å². The Hall–Kier alpha value is -0.770. The molecule has 3 nitrogen and oxygen atoms in total. The smallest absolute Gasteiger partial charge is 0.0471 e. The van der Waals surface area contributed by atoms with Crippen LogP contribution in [0, 0.1) is 5.92 Å². The Balaban J connectivity index is 1.74. The van der Waals surface area contributed by atoms with Crippen molar-refractivity contribution in [3.8, 4) is 0 Å². The lowest BCUT2D eigenvalue weighted by Gasteiger charge is -2.35. The highest BCUT2D eigenvalue weighted by Crippen LogP contribution is 2.32. The van der Waals surface area contributed by atoms with E-state index in [1.54, 1.807) is 0 Å². The number of piperidine rings is 1. The van der Waals surface area contributed by atoms with E-state index in [0.29, 0.717) is 18.6 Å². The molecule has 0 radical (unpaired) electrons. The van der Waals surface area contributed by atoms with Crippen LogP contribution in [0.25, 0.3) is 0 Å². The number of rotatable bonds is 6. The standard InChI is InChI=1S/C17H25ClN2O/c18-16-4-1-5-17(15(16)11-19-14-6-7-14)20-9-2-3-13(12-20)8-10-21/h1,4-5,13-14,19,21H,2-3,6-12H2. The maximum Gasteiger partial charge on any atom is 0.0471 e. The second-order valence-corrected chi connectivity index (χ2v) is 6.77. The monoisotopic (exact) mass is 308 g/mol. The zero-order valence-electron chi connectivity index (χ0n) is 12.5. The van der Waals surface area contributed by atoms with Gasteiger partial charge in [0.15, 0.2) is 0 Å². The summed E-state index contributed by atoms with van der Waals surface area (Å²) in [5, 5.41) is 13.6. The molecule has 0 spiro atoms. The van der Waals surface area contributed by atoms with Crippen LogP contribution in [0.5, 0.6) is 0 Å². The van der Waals surface area contributed by atoms with Gasteiger partial charge in [-0.1, -0.05) is 17.7 Å². The van der Waals surface area contributed by atoms with E-state index in [2.05, 4.69) is 16.3 Å². The summed E-state index contributed by atoms with van der Waals surface area (Å²) < 4.78 is 0. The third-order valence-corrected chi connectivity index (χ3v) is 4.99.